The Hall–Kier alpha value is -3.27. The lowest BCUT2D eigenvalue weighted by molar-refractivity contribution is -0.140. The molecular formula is C21H19F4N5O. The molecule has 2 heterocycles. The fraction of sp³-hybridized carbons (Fsp3) is 0.286. The van der Waals surface area contributed by atoms with E-state index in [0.717, 1.165) is 12.1 Å². The second-order valence-electron chi connectivity index (χ2n) is 7.40. The number of hydrogen-bond donors (Lipinski definition) is 3. The number of nitrogens with one attached hydrogen (secondary N) is 2. The molecule has 162 valence electrons. The lowest BCUT2D eigenvalue weighted by atomic mass is 9.85. The summed E-state index contributed by atoms with van der Waals surface area (Å²) in [7, 11) is 0. The number of fused-ring (bicyclic) bond motifs is 1. The lowest BCUT2D eigenvalue weighted by Gasteiger charge is -2.34. The van der Waals surface area contributed by atoms with Crippen molar-refractivity contribution in [2.24, 2.45) is 5.73 Å². The molecule has 1 aromatic heterocycles. The van der Waals surface area contributed by atoms with Crippen molar-refractivity contribution in [3.63, 3.8) is 0 Å². The van der Waals surface area contributed by atoms with Crippen LogP contribution in [0.1, 0.15) is 33.8 Å². The van der Waals surface area contributed by atoms with Crippen molar-refractivity contribution in [3.05, 3.63) is 65.4 Å². The van der Waals surface area contributed by atoms with Gasteiger partial charge in [0, 0.05) is 35.8 Å². The van der Waals surface area contributed by atoms with Crippen molar-refractivity contribution in [2.45, 2.75) is 24.6 Å². The number of carbonyl (C=O) groups excluding carboxylic acids is 1. The maximum Gasteiger partial charge on any atom is 0.419 e. The maximum absolute atomic E-state index is 14.2. The molecule has 6 nitrogen and oxygen atoms in total. The zero-order valence-corrected chi connectivity index (χ0v) is 16.2. The van der Waals surface area contributed by atoms with Gasteiger partial charge in [0.2, 0.25) is 0 Å². The average Bonchev–Trinajstić information content (AvgIpc) is 2.73. The molecule has 0 spiro atoms. The van der Waals surface area contributed by atoms with Gasteiger partial charge in [0.05, 0.1) is 16.6 Å². The monoisotopic (exact) mass is 433 g/mol. The van der Waals surface area contributed by atoms with Gasteiger partial charge < -0.3 is 16.4 Å². The number of nitrogens with zero attached hydrogens (tertiary/aromatic N) is 2. The van der Waals surface area contributed by atoms with Crippen molar-refractivity contribution < 1.29 is 22.4 Å². The molecule has 4 N–H and O–H groups in total. The van der Waals surface area contributed by atoms with Gasteiger partial charge in [0.1, 0.15) is 12.1 Å². The lowest BCUT2D eigenvalue weighted by Crippen LogP contribution is -2.44. The molecule has 1 fully saturated rings. The molecule has 0 saturated carbocycles. The fourth-order valence-corrected chi connectivity index (χ4v) is 4.00. The van der Waals surface area contributed by atoms with E-state index in [1.165, 1.54) is 12.4 Å². The number of aromatic nitrogens is 2. The van der Waals surface area contributed by atoms with Gasteiger partial charge in [-0.05, 0) is 42.8 Å². The highest BCUT2D eigenvalue weighted by molar-refractivity contribution is 6.07. The van der Waals surface area contributed by atoms with Gasteiger partial charge in [-0.2, -0.15) is 13.2 Å². The van der Waals surface area contributed by atoms with E-state index >= 15 is 0 Å². The van der Waals surface area contributed by atoms with E-state index in [2.05, 4.69) is 20.6 Å². The van der Waals surface area contributed by atoms with E-state index in [0.29, 0.717) is 41.7 Å². The number of nitrogens with two attached hydrogens (primary N) is 1. The smallest absolute Gasteiger partial charge is 0.380 e. The number of alkyl halides is 3. The summed E-state index contributed by atoms with van der Waals surface area (Å²) >= 11 is 0. The van der Waals surface area contributed by atoms with Gasteiger partial charge in [-0.1, -0.05) is 6.07 Å². The first-order chi connectivity index (χ1) is 14.8. The second-order valence-corrected chi connectivity index (χ2v) is 7.40. The third-order valence-corrected chi connectivity index (χ3v) is 5.49. The van der Waals surface area contributed by atoms with Crippen molar-refractivity contribution in [1.29, 1.82) is 0 Å². The van der Waals surface area contributed by atoms with Crippen LogP contribution in [0.15, 0.2) is 42.9 Å². The van der Waals surface area contributed by atoms with Crippen LogP contribution in [0.2, 0.25) is 0 Å². The standard InChI is InChI=1S/C21H19F4N5O/c22-16-7-11(1-3-15(16)21(23,24)25)12-5-6-27-9-18(12)30-17-4-2-13(20(26)31)19-14(17)8-28-10-29-19/h1-4,7-8,10,12,18,27,30H,5-6,9H2,(H2,26,31)/t12-,18+/m0/s1. The number of amides is 1. The van der Waals surface area contributed by atoms with Crippen LogP contribution in [0, 0.1) is 5.82 Å². The van der Waals surface area contributed by atoms with E-state index in [1.54, 1.807) is 18.3 Å². The molecule has 3 aromatic rings. The minimum Gasteiger partial charge on any atom is -0.380 e. The van der Waals surface area contributed by atoms with E-state index in [1.807, 2.05) is 0 Å². The van der Waals surface area contributed by atoms with Crippen molar-refractivity contribution in [1.82, 2.24) is 15.3 Å². The van der Waals surface area contributed by atoms with Crippen LogP contribution in [0.5, 0.6) is 0 Å². The number of halogens is 4. The van der Waals surface area contributed by atoms with Crippen LogP contribution in [0.25, 0.3) is 10.9 Å². The fourth-order valence-electron chi connectivity index (χ4n) is 4.00. The number of rotatable bonds is 4. The first kappa shape index (κ1) is 21.0. The summed E-state index contributed by atoms with van der Waals surface area (Å²) in [6.45, 7) is 1.16. The Morgan fingerprint density at radius 2 is 2.03 bits per heavy atom. The zero-order valence-electron chi connectivity index (χ0n) is 16.2. The quantitative estimate of drug-likeness (QED) is 0.548. The summed E-state index contributed by atoms with van der Waals surface area (Å²) in [6, 6.07) is 6.08. The number of anilines is 1. The number of carbonyl (C=O) groups is 1. The summed E-state index contributed by atoms with van der Waals surface area (Å²) in [6.07, 6.45) is -1.26. The van der Waals surface area contributed by atoms with Gasteiger partial charge in [0.25, 0.3) is 5.91 Å². The number of piperidine rings is 1. The van der Waals surface area contributed by atoms with E-state index < -0.39 is 23.5 Å². The van der Waals surface area contributed by atoms with Crippen LogP contribution in [0.3, 0.4) is 0 Å². The largest absolute Gasteiger partial charge is 0.419 e. The Labute approximate surface area is 174 Å². The Morgan fingerprint density at radius 3 is 2.74 bits per heavy atom. The van der Waals surface area contributed by atoms with Gasteiger partial charge in [-0.25, -0.2) is 14.4 Å². The predicted octanol–water partition coefficient (Wildman–Crippen LogP) is 3.44. The summed E-state index contributed by atoms with van der Waals surface area (Å²) in [4.78, 5) is 19.9. The molecular weight excluding hydrogens is 414 g/mol. The Balaban J connectivity index is 1.68. The number of primary amides is 1. The van der Waals surface area contributed by atoms with E-state index in [4.69, 9.17) is 5.73 Å². The first-order valence-electron chi connectivity index (χ1n) is 9.62. The highest BCUT2D eigenvalue weighted by Crippen LogP contribution is 2.35. The van der Waals surface area contributed by atoms with Crippen molar-refractivity contribution >= 4 is 22.5 Å². The topological polar surface area (TPSA) is 92.9 Å². The second kappa shape index (κ2) is 8.10. The summed E-state index contributed by atoms with van der Waals surface area (Å²) < 4.78 is 52.9. The van der Waals surface area contributed by atoms with E-state index in [9.17, 15) is 22.4 Å². The third kappa shape index (κ3) is 4.15. The molecule has 2 aromatic carbocycles. The molecule has 0 radical (unpaired) electrons. The average molecular weight is 433 g/mol. The number of benzene rings is 2. The predicted molar refractivity (Wildman–Crippen MR) is 107 cm³/mol. The zero-order chi connectivity index (χ0) is 22.2. The van der Waals surface area contributed by atoms with E-state index in [-0.39, 0.29) is 17.5 Å². The van der Waals surface area contributed by atoms with Gasteiger partial charge in [-0.15, -0.1) is 0 Å². The molecule has 4 rings (SSSR count). The minimum absolute atomic E-state index is 0.228. The number of hydrogen-bond acceptors (Lipinski definition) is 5. The molecule has 0 aliphatic carbocycles. The molecule has 0 bridgehead atoms. The van der Waals surface area contributed by atoms with Crippen molar-refractivity contribution in [2.75, 3.05) is 18.4 Å². The Bertz CT molecular complexity index is 1130. The molecule has 1 aliphatic heterocycles. The van der Waals surface area contributed by atoms with Gasteiger partial charge in [-0.3, -0.25) is 4.79 Å². The molecule has 1 amide bonds. The maximum atomic E-state index is 14.2. The van der Waals surface area contributed by atoms with Crippen LogP contribution < -0.4 is 16.4 Å². The van der Waals surface area contributed by atoms with Gasteiger partial charge >= 0.3 is 6.18 Å². The van der Waals surface area contributed by atoms with Crippen LogP contribution in [0.4, 0.5) is 23.2 Å². The normalized spacial score (nSPS) is 19.4. The summed E-state index contributed by atoms with van der Waals surface area (Å²) in [5.74, 6) is -2.13. The van der Waals surface area contributed by atoms with Crippen LogP contribution in [-0.2, 0) is 6.18 Å². The molecule has 1 saturated heterocycles. The highest BCUT2D eigenvalue weighted by atomic mass is 19.4. The summed E-state index contributed by atoms with van der Waals surface area (Å²) in [5, 5.41) is 7.19. The first-order valence-corrected chi connectivity index (χ1v) is 9.62. The molecule has 10 heteroatoms. The molecule has 31 heavy (non-hydrogen) atoms. The molecule has 2 atom stereocenters. The molecule has 1 aliphatic rings. The Morgan fingerprint density at radius 1 is 1.23 bits per heavy atom. The third-order valence-electron chi connectivity index (χ3n) is 5.49. The van der Waals surface area contributed by atoms with Gasteiger partial charge in [0.15, 0.2) is 0 Å². The highest BCUT2D eigenvalue weighted by Gasteiger charge is 2.35. The minimum atomic E-state index is -4.74. The van der Waals surface area contributed by atoms with Crippen LogP contribution in [-0.4, -0.2) is 35.0 Å². The van der Waals surface area contributed by atoms with Crippen LogP contribution >= 0.6 is 0 Å². The van der Waals surface area contributed by atoms with Crippen molar-refractivity contribution in [3.8, 4) is 0 Å². The SMILES string of the molecule is NC(=O)c1ccc(N[C@@H]2CNCC[C@H]2c2ccc(C(F)(F)F)c(F)c2)c2cncnc12. The Kier molecular flexibility index (Phi) is 5.48. The summed E-state index contributed by atoms with van der Waals surface area (Å²) in [5.41, 5.74) is 5.93. The molecule has 0 unspecified atom stereocenters.